The van der Waals surface area contributed by atoms with Crippen LogP contribution < -0.4 is 0 Å². The van der Waals surface area contributed by atoms with Crippen LogP contribution in [0.15, 0.2) is 18.2 Å². The fraction of sp³-hybridized carbons (Fsp3) is 0.400. The van der Waals surface area contributed by atoms with Crippen molar-refractivity contribution in [1.29, 1.82) is 0 Å². The lowest BCUT2D eigenvalue weighted by atomic mass is 9.95. The molecule has 1 aromatic rings. The maximum atomic E-state index is 12.1. The molecule has 0 N–H and O–H groups in total. The Bertz CT molecular complexity index is 571. The standard InChI is InChI=1S/C15H16Cl2O5/c1-3-21-14(19)10(13(18)15(20)22-4-2)7-9-5-6-11(16)12(17)8-9/h5-6,8,10H,3-4,7H2,1-2H3. The number of hydrogen-bond donors (Lipinski definition) is 0. The summed E-state index contributed by atoms with van der Waals surface area (Å²) in [5.74, 6) is -4.03. The summed E-state index contributed by atoms with van der Waals surface area (Å²) in [7, 11) is 0. The maximum absolute atomic E-state index is 12.1. The minimum Gasteiger partial charge on any atom is -0.465 e. The summed E-state index contributed by atoms with van der Waals surface area (Å²) in [5.41, 5.74) is 0.588. The lowest BCUT2D eigenvalue weighted by molar-refractivity contribution is -0.162. The largest absolute Gasteiger partial charge is 0.465 e. The van der Waals surface area contributed by atoms with Gasteiger partial charge in [0, 0.05) is 0 Å². The van der Waals surface area contributed by atoms with Crippen LogP contribution in [-0.2, 0) is 30.3 Å². The van der Waals surface area contributed by atoms with Gasteiger partial charge in [-0.3, -0.25) is 9.59 Å². The van der Waals surface area contributed by atoms with Gasteiger partial charge in [0.25, 0.3) is 5.78 Å². The van der Waals surface area contributed by atoms with E-state index >= 15 is 0 Å². The van der Waals surface area contributed by atoms with Crippen LogP contribution in [0.25, 0.3) is 0 Å². The van der Waals surface area contributed by atoms with Gasteiger partial charge in [-0.2, -0.15) is 0 Å². The summed E-state index contributed by atoms with van der Waals surface area (Å²) in [6.45, 7) is 3.34. The Morgan fingerprint density at radius 2 is 1.68 bits per heavy atom. The molecule has 0 radical (unpaired) electrons. The molecule has 1 atom stereocenters. The lowest BCUT2D eigenvalue weighted by Gasteiger charge is -2.14. The third kappa shape index (κ3) is 5.00. The van der Waals surface area contributed by atoms with E-state index in [1.54, 1.807) is 26.0 Å². The van der Waals surface area contributed by atoms with E-state index in [4.69, 9.17) is 27.9 Å². The molecule has 1 unspecified atom stereocenters. The lowest BCUT2D eigenvalue weighted by Crippen LogP contribution is -2.34. The normalized spacial score (nSPS) is 11.6. The van der Waals surface area contributed by atoms with Gasteiger partial charge in [-0.1, -0.05) is 29.3 Å². The monoisotopic (exact) mass is 346 g/mol. The minimum absolute atomic E-state index is 0.0205. The van der Waals surface area contributed by atoms with Crippen molar-refractivity contribution in [3.63, 3.8) is 0 Å². The number of halogens is 2. The molecule has 7 heteroatoms. The molecule has 0 saturated heterocycles. The number of ether oxygens (including phenoxy) is 2. The van der Waals surface area contributed by atoms with E-state index in [-0.39, 0.29) is 19.6 Å². The highest BCUT2D eigenvalue weighted by molar-refractivity contribution is 6.42. The van der Waals surface area contributed by atoms with Gasteiger partial charge in [0.05, 0.1) is 23.3 Å². The zero-order valence-electron chi connectivity index (χ0n) is 12.2. The molecule has 0 aliphatic heterocycles. The van der Waals surface area contributed by atoms with E-state index in [0.29, 0.717) is 15.6 Å². The van der Waals surface area contributed by atoms with E-state index in [2.05, 4.69) is 4.74 Å². The van der Waals surface area contributed by atoms with Gasteiger partial charge in [-0.25, -0.2) is 4.79 Å². The van der Waals surface area contributed by atoms with Crippen LogP contribution in [0.1, 0.15) is 19.4 Å². The molecule has 1 aromatic carbocycles. The number of Topliss-reactive ketones (excluding diaryl/α,β-unsaturated/α-hetero) is 1. The summed E-state index contributed by atoms with van der Waals surface area (Å²) in [4.78, 5) is 35.6. The molecule has 0 fully saturated rings. The summed E-state index contributed by atoms with van der Waals surface area (Å²) in [5, 5.41) is 0.653. The quantitative estimate of drug-likeness (QED) is 0.431. The number of carbonyl (C=O) groups is 3. The summed E-state index contributed by atoms with van der Waals surface area (Å²) in [6.07, 6.45) is -0.0205. The van der Waals surface area contributed by atoms with Crippen LogP contribution in [0.4, 0.5) is 0 Å². The molecule has 0 heterocycles. The van der Waals surface area contributed by atoms with Crippen molar-refractivity contribution in [1.82, 2.24) is 0 Å². The highest BCUT2D eigenvalue weighted by Gasteiger charge is 2.34. The van der Waals surface area contributed by atoms with Crippen molar-refractivity contribution in [2.45, 2.75) is 20.3 Å². The SMILES string of the molecule is CCOC(=O)C(=O)C(Cc1ccc(Cl)c(Cl)c1)C(=O)OCC. The van der Waals surface area contributed by atoms with Gasteiger partial charge in [-0.05, 0) is 38.0 Å². The molecule has 0 aliphatic carbocycles. The van der Waals surface area contributed by atoms with E-state index in [1.165, 1.54) is 6.07 Å². The van der Waals surface area contributed by atoms with Gasteiger partial charge in [-0.15, -0.1) is 0 Å². The van der Waals surface area contributed by atoms with Crippen molar-refractivity contribution in [3.8, 4) is 0 Å². The van der Waals surface area contributed by atoms with Crippen molar-refractivity contribution < 1.29 is 23.9 Å². The van der Waals surface area contributed by atoms with Gasteiger partial charge >= 0.3 is 11.9 Å². The molecule has 0 amide bonds. The molecule has 22 heavy (non-hydrogen) atoms. The van der Waals surface area contributed by atoms with Crippen molar-refractivity contribution in [3.05, 3.63) is 33.8 Å². The first-order valence-electron chi connectivity index (χ1n) is 6.72. The molecular weight excluding hydrogens is 331 g/mol. The maximum Gasteiger partial charge on any atom is 0.375 e. The predicted octanol–water partition coefficient (Wildman–Crippen LogP) is 2.85. The Hall–Kier alpha value is -1.59. The second-order valence-electron chi connectivity index (χ2n) is 4.34. The summed E-state index contributed by atoms with van der Waals surface area (Å²) < 4.78 is 9.50. The van der Waals surface area contributed by atoms with Crippen molar-refractivity contribution in [2.75, 3.05) is 13.2 Å². The van der Waals surface area contributed by atoms with E-state index < -0.39 is 23.6 Å². The molecule has 0 aromatic heterocycles. The molecule has 0 spiro atoms. The molecular formula is C15H16Cl2O5. The van der Waals surface area contributed by atoms with Crippen LogP contribution >= 0.6 is 23.2 Å². The van der Waals surface area contributed by atoms with E-state index in [9.17, 15) is 14.4 Å². The number of ketones is 1. The molecule has 0 saturated carbocycles. The molecule has 0 bridgehead atoms. The first-order valence-corrected chi connectivity index (χ1v) is 7.47. The Kier molecular flexibility index (Phi) is 7.35. The average molecular weight is 347 g/mol. The van der Waals surface area contributed by atoms with Crippen LogP contribution in [-0.4, -0.2) is 30.9 Å². The second-order valence-corrected chi connectivity index (χ2v) is 5.16. The van der Waals surface area contributed by atoms with Crippen LogP contribution in [0.5, 0.6) is 0 Å². The van der Waals surface area contributed by atoms with Crippen LogP contribution in [0, 0.1) is 5.92 Å². The zero-order valence-corrected chi connectivity index (χ0v) is 13.7. The van der Waals surface area contributed by atoms with Gasteiger partial charge < -0.3 is 9.47 Å². The number of carbonyl (C=O) groups excluding carboxylic acids is 3. The molecule has 0 aliphatic rings. The highest BCUT2D eigenvalue weighted by atomic mass is 35.5. The number of rotatable bonds is 7. The third-order valence-electron chi connectivity index (χ3n) is 2.79. The highest BCUT2D eigenvalue weighted by Crippen LogP contribution is 2.24. The van der Waals surface area contributed by atoms with E-state index in [0.717, 1.165) is 0 Å². The minimum atomic E-state index is -1.27. The Balaban J connectivity index is 2.99. The molecule has 120 valence electrons. The first-order chi connectivity index (χ1) is 10.4. The zero-order chi connectivity index (χ0) is 16.7. The fourth-order valence-corrected chi connectivity index (χ4v) is 2.09. The number of esters is 2. The van der Waals surface area contributed by atoms with Crippen LogP contribution in [0.2, 0.25) is 10.0 Å². The first kappa shape index (κ1) is 18.5. The smallest absolute Gasteiger partial charge is 0.375 e. The van der Waals surface area contributed by atoms with Crippen molar-refractivity contribution in [2.24, 2.45) is 5.92 Å². The second kappa shape index (κ2) is 8.76. The van der Waals surface area contributed by atoms with Gasteiger partial charge in [0.2, 0.25) is 0 Å². The topological polar surface area (TPSA) is 69.7 Å². The van der Waals surface area contributed by atoms with Gasteiger partial charge in [0.1, 0.15) is 5.92 Å². The van der Waals surface area contributed by atoms with Crippen LogP contribution in [0.3, 0.4) is 0 Å². The average Bonchev–Trinajstić information content (AvgIpc) is 2.48. The van der Waals surface area contributed by atoms with Crippen molar-refractivity contribution >= 4 is 40.9 Å². The molecule has 1 rings (SSSR count). The Morgan fingerprint density at radius 3 is 2.23 bits per heavy atom. The number of benzene rings is 1. The number of hydrogen-bond acceptors (Lipinski definition) is 5. The third-order valence-corrected chi connectivity index (χ3v) is 3.53. The predicted molar refractivity (Wildman–Crippen MR) is 81.9 cm³/mol. The fourth-order valence-electron chi connectivity index (χ4n) is 1.77. The summed E-state index contributed by atoms with van der Waals surface area (Å²) in [6, 6.07) is 4.71. The van der Waals surface area contributed by atoms with E-state index in [1.807, 2.05) is 0 Å². The summed E-state index contributed by atoms with van der Waals surface area (Å²) >= 11 is 11.7. The van der Waals surface area contributed by atoms with Gasteiger partial charge in [0.15, 0.2) is 0 Å². The molecule has 5 nitrogen and oxygen atoms in total. The Morgan fingerprint density at radius 1 is 1.05 bits per heavy atom. The Labute approximate surface area is 138 Å².